The highest BCUT2D eigenvalue weighted by atomic mass is 32.2. The topological polar surface area (TPSA) is 55.2 Å². The third-order valence-electron chi connectivity index (χ3n) is 5.59. The number of carbonyl (C=O) groups is 1. The van der Waals surface area contributed by atoms with E-state index in [-0.39, 0.29) is 23.0 Å². The van der Waals surface area contributed by atoms with Gasteiger partial charge in [0.25, 0.3) is 5.56 Å². The van der Waals surface area contributed by atoms with Gasteiger partial charge in [0, 0.05) is 12.6 Å². The maximum atomic E-state index is 13.8. The van der Waals surface area contributed by atoms with Crippen LogP contribution in [0.5, 0.6) is 0 Å². The molecule has 1 atom stereocenters. The minimum atomic E-state index is -0.322. The van der Waals surface area contributed by atoms with E-state index in [0.717, 1.165) is 32.2 Å². The van der Waals surface area contributed by atoms with Crippen LogP contribution in [0.1, 0.15) is 38.2 Å². The summed E-state index contributed by atoms with van der Waals surface area (Å²) in [4.78, 5) is 32.7. The maximum Gasteiger partial charge on any atom is 0.276 e. The van der Waals surface area contributed by atoms with Crippen LogP contribution in [0, 0.1) is 12.7 Å². The Kier molecular flexibility index (Phi) is 6.24. The molecule has 1 aliphatic rings. The van der Waals surface area contributed by atoms with Crippen LogP contribution in [-0.4, -0.2) is 38.7 Å². The second-order valence-corrected chi connectivity index (χ2v) is 9.40. The second kappa shape index (κ2) is 8.89. The van der Waals surface area contributed by atoms with Crippen molar-refractivity contribution in [3.05, 3.63) is 51.4 Å². The number of amides is 1. The van der Waals surface area contributed by atoms with Gasteiger partial charge < -0.3 is 4.90 Å². The summed E-state index contributed by atoms with van der Waals surface area (Å²) in [7, 11) is 0. The first-order chi connectivity index (χ1) is 14.5. The van der Waals surface area contributed by atoms with E-state index < -0.39 is 0 Å². The molecule has 0 radical (unpaired) electrons. The first-order valence-corrected chi connectivity index (χ1v) is 12.0. The minimum Gasteiger partial charge on any atom is -0.339 e. The molecular formula is C22H24FN3O2S2. The van der Waals surface area contributed by atoms with Crippen LogP contribution in [0.4, 0.5) is 4.39 Å². The fraction of sp³-hybridized carbons (Fsp3) is 0.409. The van der Waals surface area contributed by atoms with Crippen LogP contribution in [0.15, 0.2) is 39.6 Å². The minimum absolute atomic E-state index is 0.0769. The Labute approximate surface area is 182 Å². The van der Waals surface area contributed by atoms with Gasteiger partial charge in [0.15, 0.2) is 5.16 Å². The first-order valence-electron chi connectivity index (χ1n) is 10.2. The second-order valence-electron chi connectivity index (χ2n) is 7.54. The summed E-state index contributed by atoms with van der Waals surface area (Å²) in [5, 5.41) is 2.29. The van der Waals surface area contributed by atoms with E-state index in [9.17, 15) is 14.0 Å². The lowest BCUT2D eigenvalue weighted by atomic mass is 10.0. The van der Waals surface area contributed by atoms with Crippen LogP contribution in [0.3, 0.4) is 0 Å². The monoisotopic (exact) mass is 445 g/mol. The highest BCUT2D eigenvalue weighted by Gasteiger charge is 2.26. The molecule has 0 bridgehead atoms. The van der Waals surface area contributed by atoms with Crippen LogP contribution in [-0.2, 0) is 4.79 Å². The summed E-state index contributed by atoms with van der Waals surface area (Å²) >= 11 is 2.61. The number of thioether (sulfide) groups is 1. The number of piperidine rings is 1. The van der Waals surface area contributed by atoms with Crippen molar-refractivity contribution >= 4 is 39.2 Å². The SMILES string of the molecule is CCC1CCCCN1C(=O)CSc1nc2ccsc2c(=O)n1-c1ccc(F)c(C)c1. The highest BCUT2D eigenvalue weighted by molar-refractivity contribution is 7.99. The number of hydrogen-bond acceptors (Lipinski definition) is 5. The van der Waals surface area contributed by atoms with Crippen LogP contribution in [0.2, 0.25) is 0 Å². The molecule has 1 amide bonds. The van der Waals surface area contributed by atoms with E-state index in [0.29, 0.717) is 32.7 Å². The Balaban J connectivity index is 1.68. The molecule has 0 N–H and O–H groups in total. The average molecular weight is 446 g/mol. The molecule has 0 spiro atoms. The Bertz CT molecular complexity index is 1140. The molecular weight excluding hydrogens is 421 g/mol. The van der Waals surface area contributed by atoms with Crippen molar-refractivity contribution in [2.24, 2.45) is 0 Å². The van der Waals surface area contributed by atoms with Gasteiger partial charge in [0.1, 0.15) is 10.5 Å². The number of benzene rings is 1. The molecule has 1 unspecified atom stereocenters. The summed E-state index contributed by atoms with van der Waals surface area (Å²) in [5.74, 6) is -0.0243. The zero-order valence-corrected chi connectivity index (χ0v) is 18.7. The molecule has 158 valence electrons. The van der Waals surface area contributed by atoms with Crippen molar-refractivity contribution in [1.82, 2.24) is 14.5 Å². The molecule has 1 aromatic carbocycles. The number of likely N-dealkylation sites (tertiary alicyclic amines) is 1. The van der Waals surface area contributed by atoms with Gasteiger partial charge in [-0.2, -0.15) is 0 Å². The van der Waals surface area contributed by atoms with Crippen molar-refractivity contribution < 1.29 is 9.18 Å². The van der Waals surface area contributed by atoms with E-state index in [4.69, 9.17) is 0 Å². The van der Waals surface area contributed by atoms with Gasteiger partial charge in [0.2, 0.25) is 5.91 Å². The van der Waals surface area contributed by atoms with E-state index >= 15 is 0 Å². The van der Waals surface area contributed by atoms with Gasteiger partial charge in [-0.15, -0.1) is 11.3 Å². The number of hydrogen-bond donors (Lipinski definition) is 0. The largest absolute Gasteiger partial charge is 0.339 e. The van der Waals surface area contributed by atoms with Crippen LogP contribution < -0.4 is 5.56 Å². The van der Waals surface area contributed by atoms with E-state index in [2.05, 4.69) is 11.9 Å². The van der Waals surface area contributed by atoms with Gasteiger partial charge >= 0.3 is 0 Å². The molecule has 3 aromatic rings. The summed E-state index contributed by atoms with van der Waals surface area (Å²) in [6.07, 6.45) is 4.20. The van der Waals surface area contributed by atoms with Crippen LogP contribution in [0.25, 0.3) is 15.9 Å². The lowest BCUT2D eigenvalue weighted by Crippen LogP contribution is -2.44. The lowest BCUT2D eigenvalue weighted by Gasteiger charge is -2.35. The highest BCUT2D eigenvalue weighted by Crippen LogP contribution is 2.26. The molecule has 1 saturated heterocycles. The lowest BCUT2D eigenvalue weighted by molar-refractivity contribution is -0.132. The van der Waals surface area contributed by atoms with Crippen molar-refractivity contribution in [3.8, 4) is 5.69 Å². The van der Waals surface area contributed by atoms with E-state index in [1.54, 1.807) is 19.1 Å². The Morgan fingerprint density at radius 3 is 2.93 bits per heavy atom. The number of fused-ring (bicyclic) bond motifs is 1. The molecule has 0 saturated carbocycles. The summed E-state index contributed by atoms with van der Waals surface area (Å²) < 4.78 is 15.8. The standard InChI is InChI=1S/C22H24FN3O2S2/c1-3-15-6-4-5-10-25(15)19(27)13-30-22-24-18-9-11-29-20(18)21(28)26(22)16-7-8-17(23)14(2)12-16/h7-9,11-12,15H,3-6,10,13H2,1-2H3. The smallest absolute Gasteiger partial charge is 0.276 e. The van der Waals surface area contributed by atoms with Crippen molar-refractivity contribution in [2.45, 2.75) is 50.7 Å². The quantitative estimate of drug-likeness (QED) is 0.419. The van der Waals surface area contributed by atoms with Crippen molar-refractivity contribution in [1.29, 1.82) is 0 Å². The number of halogens is 1. The molecule has 8 heteroatoms. The Morgan fingerprint density at radius 1 is 1.33 bits per heavy atom. The van der Waals surface area contributed by atoms with Crippen molar-refractivity contribution in [3.63, 3.8) is 0 Å². The van der Waals surface area contributed by atoms with E-state index in [1.165, 1.54) is 33.7 Å². The molecule has 1 aliphatic heterocycles. The predicted octanol–water partition coefficient (Wildman–Crippen LogP) is 4.78. The zero-order valence-electron chi connectivity index (χ0n) is 17.1. The number of rotatable bonds is 5. The summed E-state index contributed by atoms with van der Waals surface area (Å²) in [6.45, 7) is 4.57. The van der Waals surface area contributed by atoms with Crippen molar-refractivity contribution in [2.75, 3.05) is 12.3 Å². The summed E-state index contributed by atoms with van der Waals surface area (Å²) in [6, 6.07) is 6.68. The number of aryl methyl sites for hydroxylation is 1. The van der Waals surface area contributed by atoms with Gasteiger partial charge in [0.05, 0.1) is 17.0 Å². The molecule has 1 fully saturated rings. The zero-order chi connectivity index (χ0) is 21.3. The molecule has 5 nitrogen and oxygen atoms in total. The molecule has 3 heterocycles. The maximum absolute atomic E-state index is 13.8. The molecule has 0 aliphatic carbocycles. The number of aromatic nitrogens is 2. The Morgan fingerprint density at radius 2 is 2.17 bits per heavy atom. The van der Waals surface area contributed by atoms with E-state index in [1.807, 2.05) is 16.3 Å². The third-order valence-corrected chi connectivity index (χ3v) is 7.41. The first kappa shape index (κ1) is 21.1. The predicted molar refractivity (Wildman–Crippen MR) is 120 cm³/mol. The molecule has 2 aromatic heterocycles. The fourth-order valence-corrected chi connectivity index (χ4v) is 5.61. The molecule has 4 rings (SSSR count). The number of nitrogens with zero attached hydrogens (tertiary/aromatic N) is 3. The third kappa shape index (κ3) is 4.03. The number of carbonyl (C=O) groups excluding carboxylic acids is 1. The Hall–Kier alpha value is -2.19. The van der Waals surface area contributed by atoms with Gasteiger partial charge in [-0.05, 0) is 67.8 Å². The number of thiophene rings is 1. The normalized spacial score (nSPS) is 16.9. The van der Waals surface area contributed by atoms with Gasteiger partial charge in [-0.3, -0.25) is 14.2 Å². The fourth-order valence-electron chi connectivity index (χ4n) is 3.95. The summed E-state index contributed by atoms with van der Waals surface area (Å²) in [5.41, 5.74) is 1.44. The van der Waals surface area contributed by atoms with Gasteiger partial charge in [-0.1, -0.05) is 18.7 Å². The average Bonchev–Trinajstić information content (AvgIpc) is 3.23. The van der Waals surface area contributed by atoms with Crippen LogP contribution >= 0.6 is 23.1 Å². The van der Waals surface area contributed by atoms with Gasteiger partial charge in [-0.25, -0.2) is 9.37 Å². The molecule has 30 heavy (non-hydrogen) atoms.